The van der Waals surface area contributed by atoms with Crippen molar-refractivity contribution in [2.45, 2.75) is 20.4 Å². The van der Waals surface area contributed by atoms with Crippen molar-refractivity contribution in [3.05, 3.63) is 41.0 Å². The lowest BCUT2D eigenvalue weighted by molar-refractivity contribution is -1.07. The number of quaternary nitrogens is 1. The zero-order valence-corrected chi connectivity index (χ0v) is 14.1. The molecule has 1 aliphatic heterocycles. The third-order valence-corrected chi connectivity index (χ3v) is 4.23. The van der Waals surface area contributed by atoms with Gasteiger partial charge in [-0.05, 0) is 30.5 Å². The Morgan fingerprint density at radius 3 is 2.52 bits per heavy atom. The average molecular weight is 308 g/mol. The number of aryl methyl sites for hydroxylation is 1. The Hall–Kier alpha value is -0.850. The highest BCUT2D eigenvalue weighted by Crippen LogP contribution is 2.17. The van der Waals surface area contributed by atoms with Crippen molar-refractivity contribution >= 4 is 18.9 Å². The van der Waals surface area contributed by atoms with E-state index in [1.54, 1.807) is 7.05 Å². The summed E-state index contributed by atoms with van der Waals surface area (Å²) in [6.45, 7) is 8.69. The topological polar surface area (TPSA) is 26.7 Å². The molecule has 1 unspecified atom stereocenters. The third-order valence-electron chi connectivity index (χ3n) is 3.98. The van der Waals surface area contributed by atoms with E-state index < -0.39 is 0 Å². The highest BCUT2D eigenvalue weighted by atomic mass is 32.1. The van der Waals surface area contributed by atoms with Crippen molar-refractivity contribution in [2.75, 3.05) is 33.2 Å². The number of hydrogen-bond acceptors (Lipinski definition) is 4. The molecule has 0 aromatic heterocycles. The van der Waals surface area contributed by atoms with E-state index in [-0.39, 0.29) is 4.16 Å². The van der Waals surface area contributed by atoms with Crippen molar-refractivity contribution in [3.8, 4) is 0 Å². The smallest absolute Gasteiger partial charge is 0.130 e. The van der Waals surface area contributed by atoms with Gasteiger partial charge in [-0.3, -0.25) is 4.90 Å². The standard InChI is InChI=1S/C16H26N3OS/c1-4-5-16-12-15(7-6-14(16)2)13-17-8-10-18(11-9-17)19(3,20)21/h4-7,12,20-21H,8-11,13H2,1-3H3/q+1/b5-4-. The molecule has 116 valence electrons. The number of rotatable bonds is 4. The van der Waals surface area contributed by atoms with E-state index in [1.807, 2.05) is 11.9 Å². The number of hydrogen-bond donors (Lipinski definition) is 2. The molecule has 1 fully saturated rings. The minimum atomic E-state index is -0.371. The molecular weight excluding hydrogens is 282 g/mol. The Bertz CT molecular complexity index is 503. The SMILES string of the molecule is C/C=C\c1cc(CN2CCN([N+](C)(O)S)CC2)ccc1C. The zero-order valence-electron chi connectivity index (χ0n) is 13.2. The third kappa shape index (κ3) is 4.56. The molecule has 0 aliphatic carbocycles. The second-order valence-electron chi connectivity index (χ2n) is 5.79. The van der Waals surface area contributed by atoms with Gasteiger partial charge in [0.2, 0.25) is 0 Å². The zero-order chi connectivity index (χ0) is 15.5. The van der Waals surface area contributed by atoms with Gasteiger partial charge in [0.25, 0.3) is 0 Å². The maximum atomic E-state index is 9.85. The van der Waals surface area contributed by atoms with Gasteiger partial charge in [0.05, 0.1) is 13.1 Å². The van der Waals surface area contributed by atoms with Gasteiger partial charge in [-0.15, -0.1) is 5.01 Å². The van der Waals surface area contributed by atoms with Crippen molar-refractivity contribution in [1.29, 1.82) is 0 Å². The summed E-state index contributed by atoms with van der Waals surface area (Å²) in [5.41, 5.74) is 3.95. The van der Waals surface area contributed by atoms with Crippen LogP contribution in [-0.2, 0) is 6.54 Å². The van der Waals surface area contributed by atoms with Crippen LogP contribution in [0.3, 0.4) is 0 Å². The average Bonchev–Trinajstić information content (AvgIpc) is 2.42. The summed E-state index contributed by atoms with van der Waals surface area (Å²) in [6.07, 6.45) is 4.24. The lowest BCUT2D eigenvalue weighted by Gasteiger charge is -2.37. The first-order valence-corrected chi connectivity index (χ1v) is 7.82. The summed E-state index contributed by atoms with van der Waals surface area (Å²) in [5, 5.41) is 11.8. The summed E-state index contributed by atoms with van der Waals surface area (Å²) < 4.78 is -0.371. The van der Waals surface area contributed by atoms with Crippen LogP contribution in [0.4, 0.5) is 0 Å². The van der Waals surface area contributed by atoms with E-state index in [2.05, 4.69) is 55.0 Å². The van der Waals surface area contributed by atoms with Crippen LogP contribution in [0, 0.1) is 6.92 Å². The molecule has 1 saturated heterocycles. The Morgan fingerprint density at radius 2 is 1.95 bits per heavy atom. The Balaban J connectivity index is 1.96. The summed E-state index contributed by atoms with van der Waals surface area (Å²) >= 11 is 4.17. The van der Waals surface area contributed by atoms with E-state index >= 15 is 0 Å². The molecule has 0 radical (unpaired) electrons. The summed E-state index contributed by atoms with van der Waals surface area (Å²) in [5.74, 6) is 0. The predicted molar refractivity (Wildman–Crippen MR) is 89.7 cm³/mol. The molecule has 1 aromatic carbocycles. The molecule has 1 aliphatic rings. The predicted octanol–water partition coefficient (Wildman–Crippen LogP) is 2.74. The van der Waals surface area contributed by atoms with E-state index in [1.165, 1.54) is 16.7 Å². The van der Waals surface area contributed by atoms with Gasteiger partial charge < -0.3 is 0 Å². The van der Waals surface area contributed by atoms with Crippen LogP contribution >= 0.6 is 12.8 Å². The Kier molecular flexibility index (Phi) is 5.46. The first-order chi connectivity index (χ1) is 9.90. The van der Waals surface area contributed by atoms with Crippen LogP contribution < -0.4 is 0 Å². The largest absolute Gasteiger partial charge is 0.296 e. The van der Waals surface area contributed by atoms with Gasteiger partial charge >= 0.3 is 0 Å². The number of piperazine rings is 1. The molecule has 1 heterocycles. The van der Waals surface area contributed by atoms with E-state index in [0.717, 1.165) is 32.7 Å². The van der Waals surface area contributed by atoms with Gasteiger partial charge in [-0.2, -0.15) is 5.21 Å². The monoisotopic (exact) mass is 308 g/mol. The van der Waals surface area contributed by atoms with Gasteiger partial charge in [-0.25, -0.2) is 0 Å². The van der Waals surface area contributed by atoms with Crippen molar-refractivity contribution < 1.29 is 9.37 Å². The maximum Gasteiger partial charge on any atom is 0.130 e. The molecule has 1 atom stereocenters. The van der Waals surface area contributed by atoms with Crippen LogP contribution in [0.5, 0.6) is 0 Å². The minimum Gasteiger partial charge on any atom is -0.296 e. The van der Waals surface area contributed by atoms with Crippen molar-refractivity contribution in [1.82, 2.24) is 9.91 Å². The van der Waals surface area contributed by atoms with E-state index in [9.17, 15) is 5.21 Å². The Labute approximate surface area is 133 Å². The van der Waals surface area contributed by atoms with Crippen LogP contribution in [0.1, 0.15) is 23.6 Å². The van der Waals surface area contributed by atoms with Gasteiger partial charge in [-0.1, -0.05) is 34.5 Å². The highest BCUT2D eigenvalue weighted by Gasteiger charge is 2.29. The maximum absolute atomic E-state index is 9.85. The molecular formula is C16H26N3OS+. The molecule has 21 heavy (non-hydrogen) atoms. The molecule has 0 saturated carbocycles. The lowest BCUT2D eigenvalue weighted by atomic mass is 10.0. The Morgan fingerprint density at radius 1 is 1.29 bits per heavy atom. The second kappa shape index (κ2) is 6.94. The first-order valence-electron chi connectivity index (χ1n) is 7.42. The molecule has 0 spiro atoms. The molecule has 1 aromatic rings. The number of nitrogens with zero attached hydrogens (tertiary/aromatic N) is 3. The number of allylic oxidation sites excluding steroid dienone is 1. The van der Waals surface area contributed by atoms with E-state index in [0.29, 0.717) is 0 Å². The number of hydroxylamine groups is 1. The van der Waals surface area contributed by atoms with Crippen LogP contribution in [0.25, 0.3) is 6.08 Å². The fourth-order valence-corrected chi connectivity index (χ4v) is 2.86. The van der Waals surface area contributed by atoms with Crippen molar-refractivity contribution in [2.24, 2.45) is 0 Å². The quantitative estimate of drug-likeness (QED) is 0.509. The lowest BCUT2D eigenvalue weighted by Crippen LogP contribution is -2.56. The molecule has 0 amide bonds. The highest BCUT2D eigenvalue weighted by molar-refractivity contribution is 7.74. The van der Waals surface area contributed by atoms with Crippen LogP contribution in [0.2, 0.25) is 0 Å². The normalized spacial score (nSPS) is 20.8. The van der Waals surface area contributed by atoms with Gasteiger partial charge in [0.1, 0.15) is 19.9 Å². The fourth-order valence-electron chi connectivity index (χ4n) is 2.68. The van der Waals surface area contributed by atoms with Crippen LogP contribution in [-0.4, -0.2) is 52.5 Å². The van der Waals surface area contributed by atoms with Crippen LogP contribution in [0.15, 0.2) is 24.3 Å². The molecule has 2 rings (SSSR count). The summed E-state index contributed by atoms with van der Waals surface area (Å²) in [7, 11) is 1.67. The summed E-state index contributed by atoms with van der Waals surface area (Å²) in [6, 6.07) is 6.67. The summed E-state index contributed by atoms with van der Waals surface area (Å²) in [4.78, 5) is 2.42. The minimum absolute atomic E-state index is 0.371. The first kappa shape index (κ1) is 16.5. The number of thiol groups is 1. The molecule has 5 heteroatoms. The fraction of sp³-hybridized carbons (Fsp3) is 0.500. The van der Waals surface area contributed by atoms with Gasteiger partial charge in [0.15, 0.2) is 0 Å². The van der Waals surface area contributed by atoms with E-state index in [4.69, 9.17) is 0 Å². The molecule has 0 bridgehead atoms. The van der Waals surface area contributed by atoms with Crippen molar-refractivity contribution in [3.63, 3.8) is 0 Å². The molecule has 4 nitrogen and oxygen atoms in total. The molecule has 1 N–H and O–H groups in total. The van der Waals surface area contributed by atoms with Gasteiger partial charge in [0, 0.05) is 19.6 Å². The number of benzene rings is 1. The second-order valence-corrected chi connectivity index (χ2v) is 6.55.